The maximum atomic E-state index is 11.6. The lowest BCUT2D eigenvalue weighted by Crippen LogP contribution is -2.22. The van der Waals surface area contributed by atoms with Crippen LogP contribution in [0.5, 0.6) is 0 Å². The lowest BCUT2D eigenvalue weighted by molar-refractivity contribution is -0.125. The van der Waals surface area contributed by atoms with E-state index in [1.54, 1.807) is 0 Å². The van der Waals surface area contributed by atoms with Gasteiger partial charge in [-0.15, -0.1) is 0 Å². The van der Waals surface area contributed by atoms with E-state index in [9.17, 15) is 4.79 Å². The van der Waals surface area contributed by atoms with Crippen molar-refractivity contribution < 1.29 is 4.79 Å². The topological polar surface area (TPSA) is 43.1 Å². The molecule has 0 spiro atoms. The third kappa shape index (κ3) is 3.41. The van der Waals surface area contributed by atoms with E-state index in [1.165, 1.54) is 6.42 Å². The van der Waals surface area contributed by atoms with Gasteiger partial charge < -0.3 is 5.73 Å². The predicted molar refractivity (Wildman–Crippen MR) is 59.0 cm³/mol. The minimum absolute atomic E-state index is 0.422. The second-order valence-corrected chi connectivity index (χ2v) is 4.48. The Labute approximate surface area is 87.2 Å². The quantitative estimate of drug-likeness (QED) is 0.681. The van der Waals surface area contributed by atoms with E-state index in [-0.39, 0.29) is 0 Å². The van der Waals surface area contributed by atoms with E-state index >= 15 is 0 Å². The summed E-state index contributed by atoms with van der Waals surface area (Å²) in [4.78, 5) is 11.6. The van der Waals surface area contributed by atoms with E-state index in [2.05, 4.69) is 6.92 Å². The highest BCUT2D eigenvalue weighted by Crippen LogP contribution is 2.29. The van der Waals surface area contributed by atoms with Crippen molar-refractivity contribution in [3.8, 4) is 0 Å². The minimum atomic E-state index is 0.422. The van der Waals surface area contributed by atoms with Crippen LogP contribution in [0, 0.1) is 11.8 Å². The zero-order valence-corrected chi connectivity index (χ0v) is 9.30. The lowest BCUT2D eigenvalue weighted by atomic mass is 9.80. The van der Waals surface area contributed by atoms with Gasteiger partial charge in [-0.25, -0.2) is 0 Å². The average molecular weight is 197 g/mol. The molecule has 1 unspecified atom stereocenters. The fourth-order valence-electron chi connectivity index (χ4n) is 2.07. The molecule has 1 aliphatic rings. The number of rotatable bonds is 7. The van der Waals surface area contributed by atoms with Crippen LogP contribution in [0.15, 0.2) is 0 Å². The van der Waals surface area contributed by atoms with Crippen molar-refractivity contribution in [3.63, 3.8) is 0 Å². The summed E-state index contributed by atoms with van der Waals surface area (Å²) in [6.45, 7) is 2.95. The smallest absolute Gasteiger partial charge is 0.135 e. The molecular formula is C12H23NO. The zero-order chi connectivity index (χ0) is 10.4. The molecule has 0 amide bonds. The van der Waals surface area contributed by atoms with E-state index < -0.39 is 0 Å². The zero-order valence-electron chi connectivity index (χ0n) is 9.30. The van der Waals surface area contributed by atoms with E-state index in [0.29, 0.717) is 17.6 Å². The molecule has 1 fully saturated rings. The number of hydrogen-bond donors (Lipinski definition) is 1. The van der Waals surface area contributed by atoms with Crippen LogP contribution >= 0.6 is 0 Å². The Kier molecular flexibility index (Phi) is 5.16. The first-order chi connectivity index (χ1) is 6.77. The van der Waals surface area contributed by atoms with Crippen molar-refractivity contribution in [1.29, 1.82) is 0 Å². The van der Waals surface area contributed by atoms with Crippen molar-refractivity contribution in [3.05, 3.63) is 0 Å². The first kappa shape index (κ1) is 11.7. The van der Waals surface area contributed by atoms with Gasteiger partial charge >= 0.3 is 0 Å². The van der Waals surface area contributed by atoms with Gasteiger partial charge in [-0.3, -0.25) is 4.79 Å². The summed E-state index contributed by atoms with van der Waals surface area (Å²) in [7, 11) is 0. The van der Waals surface area contributed by atoms with Crippen molar-refractivity contribution in [2.75, 3.05) is 6.54 Å². The number of Topliss-reactive ketones (excluding diaryl/α,β-unsaturated/α-hetero) is 1. The maximum Gasteiger partial charge on any atom is 0.135 e. The molecule has 2 nitrogen and oxygen atoms in total. The van der Waals surface area contributed by atoms with Crippen molar-refractivity contribution in [1.82, 2.24) is 0 Å². The van der Waals surface area contributed by atoms with Gasteiger partial charge in [-0.1, -0.05) is 19.8 Å². The Morgan fingerprint density at radius 3 is 2.57 bits per heavy atom. The van der Waals surface area contributed by atoms with Gasteiger partial charge in [-0.2, -0.15) is 0 Å². The predicted octanol–water partition coefficient (Wildman–Crippen LogP) is 2.51. The van der Waals surface area contributed by atoms with Crippen LogP contribution < -0.4 is 5.73 Å². The monoisotopic (exact) mass is 197 g/mol. The number of carbonyl (C=O) groups is 1. The minimum Gasteiger partial charge on any atom is -0.330 e. The Balaban J connectivity index is 2.13. The summed E-state index contributed by atoms with van der Waals surface area (Å²) in [5, 5.41) is 0. The third-order valence-electron chi connectivity index (χ3n) is 3.51. The van der Waals surface area contributed by atoms with E-state index in [4.69, 9.17) is 5.73 Å². The molecule has 1 saturated carbocycles. The molecule has 0 aromatic rings. The van der Waals surface area contributed by atoms with Gasteiger partial charge in [0.05, 0.1) is 0 Å². The molecule has 2 heteroatoms. The highest BCUT2D eigenvalue weighted by atomic mass is 16.1. The Hall–Kier alpha value is -0.370. The van der Waals surface area contributed by atoms with E-state index in [1.807, 2.05) is 0 Å². The molecule has 14 heavy (non-hydrogen) atoms. The van der Waals surface area contributed by atoms with Crippen LogP contribution in [0.1, 0.15) is 51.9 Å². The molecule has 0 heterocycles. The highest BCUT2D eigenvalue weighted by molar-refractivity contribution is 5.81. The van der Waals surface area contributed by atoms with Gasteiger partial charge in [0, 0.05) is 12.3 Å². The van der Waals surface area contributed by atoms with Gasteiger partial charge in [-0.05, 0) is 38.1 Å². The van der Waals surface area contributed by atoms with Crippen LogP contribution in [0.2, 0.25) is 0 Å². The Morgan fingerprint density at radius 2 is 2.14 bits per heavy atom. The molecule has 0 bridgehead atoms. The number of ketones is 1. The van der Waals surface area contributed by atoms with Crippen LogP contribution in [-0.4, -0.2) is 12.3 Å². The van der Waals surface area contributed by atoms with Gasteiger partial charge in [0.25, 0.3) is 0 Å². The molecule has 1 rings (SSSR count). The molecule has 0 aliphatic heterocycles. The molecule has 0 aromatic carbocycles. The second-order valence-electron chi connectivity index (χ2n) is 4.48. The number of nitrogens with two attached hydrogens (primary N) is 1. The van der Waals surface area contributed by atoms with Crippen molar-refractivity contribution in [2.45, 2.75) is 51.9 Å². The van der Waals surface area contributed by atoms with Gasteiger partial charge in [0.1, 0.15) is 5.78 Å². The van der Waals surface area contributed by atoms with Crippen LogP contribution in [0.3, 0.4) is 0 Å². The van der Waals surface area contributed by atoms with Crippen molar-refractivity contribution in [2.24, 2.45) is 17.6 Å². The standard InChI is InChI=1S/C12H23NO/c1-2-10(8-9-13)6-7-12(14)11-4-3-5-11/h10-11H,2-9,13H2,1H3. The van der Waals surface area contributed by atoms with Gasteiger partial charge in [0.2, 0.25) is 0 Å². The van der Waals surface area contributed by atoms with Crippen LogP contribution in [0.4, 0.5) is 0 Å². The summed E-state index contributed by atoms with van der Waals surface area (Å²) >= 11 is 0. The fourth-order valence-corrected chi connectivity index (χ4v) is 2.07. The van der Waals surface area contributed by atoms with Crippen molar-refractivity contribution >= 4 is 5.78 Å². The highest BCUT2D eigenvalue weighted by Gasteiger charge is 2.24. The molecule has 1 aliphatic carbocycles. The number of carbonyl (C=O) groups excluding carboxylic acids is 1. The molecule has 1 atom stereocenters. The van der Waals surface area contributed by atoms with E-state index in [0.717, 1.165) is 45.1 Å². The summed E-state index contributed by atoms with van der Waals surface area (Å²) in [6.07, 6.45) is 7.64. The second kappa shape index (κ2) is 6.18. The van der Waals surface area contributed by atoms with Gasteiger partial charge in [0.15, 0.2) is 0 Å². The average Bonchev–Trinajstić information content (AvgIpc) is 2.09. The molecule has 0 saturated heterocycles. The Bertz CT molecular complexity index is 175. The lowest BCUT2D eigenvalue weighted by Gasteiger charge is -2.24. The summed E-state index contributed by atoms with van der Waals surface area (Å²) in [5.74, 6) is 1.60. The maximum absolute atomic E-state index is 11.6. The first-order valence-corrected chi connectivity index (χ1v) is 6.00. The van der Waals surface area contributed by atoms with Crippen LogP contribution in [-0.2, 0) is 4.79 Å². The largest absolute Gasteiger partial charge is 0.330 e. The SMILES string of the molecule is CCC(CCN)CCC(=O)C1CCC1. The summed E-state index contributed by atoms with van der Waals surface area (Å²) in [5.41, 5.74) is 5.52. The van der Waals surface area contributed by atoms with Crippen LogP contribution in [0.25, 0.3) is 0 Å². The summed E-state index contributed by atoms with van der Waals surface area (Å²) in [6, 6.07) is 0. The number of hydrogen-bond acceptors (Lipinski definition) is 2. The molecule has 82 valence electrons. The molecular weight excluding hydrogens is 174 g/mol. The molecule has 0 radical (unpaired) electrons. The third-order valence-corrected chi connectivity index (χ3v) is 3.51. The normalized spacial score (nSPS) is 19.0. The molecule has 2 N–H and O–H groups in total. The summed E-state index contributed by atoms with van der Waals surface area (Å²) < 4.78 is 0. The Morgan fingerprint density at radius 1 is 1.43 bits per heavy atom. The molecule has 0 aromatic heterocycles. The fraction of sp³-hybridized carbons (Fsp3) is 0.917. The first-order valence-electron chi connectivity index (χ1n) is 6.00.